The molecule has 1 aliphatic rings. The van der Waals surface area contributed by atoms with Crippen LogP contribution in [0.25, 0.3) is 0 Å². The lowest BCUT2D eigenvalue weighted by Crippen LogP contribution is -2.61. The van der Waals surface area contributed by atoms with Crippen molar-refractivity contribution in [2.24, 2.45) is 0 Å². The summed E-state index contributed by atoms with van der Waals surface area (Å²) in [7, 11) is 3.38. The summed E-state index contributed by atoms with van der Waals surface area (Å²) < 4.78 is 18.2. The van der Waals surface area contributed by atoms with Gasteiger partial charge in [-0.1, -0.05) is 6.07 Å². The molecule has 0 amide bonds. The van der Waals surface area contributed by atoms with Gasteiger partial charge >= 0.3 is 0 Å². The van der Waals surface area contributed by atoms with Crippen LogP contribution in [0.5, 0.6) is 5.75 Å². The highest BCUT2D eigenvalue weighted by atomic mass is 19.1. The van der Waals surface area contributed by atoms with Crippen molar-refractivity contribution in [2.45, 2.75) is 12.0 Å². The van der Waals surface area contributed by atoms with Gasteiger partial charge in [-0.25, -0.2) is 4.39 Å². The van der Waals surface area contributed by atoms with E-state index in [2.05, 4.69) is 0 Å². The third kappa shape index (κ3) is 2.18. The minimum atomic E-state index is -0.699. The smallest absolute Gasteiger partial charge is 0.165 e. The van der Waals surface area contributed by atoms with Crippen LogP contribution in [0.3, 0.4) is 0 Å². The molecule has 0 unspecified atom stereocenters. The first kappa shape index (κ1) is 11.4. The van der Waals surface area contributed by atoms with Gasteiger partial charge in [0.2, 0.25) is 0 Å². The van der Waals surface area contributed by atoms with Gasteiger partial charge in [-0.15, -0.1) is 0 Å². The summed E-state index contributed by atoms with van der Waals surface area (Å²) >= 11 is 0. The number of likely N-dealkylation sites (tertiary alicyclic amines) is 1. The van der Waals surface area contributed by atoms with Gasteiger partial charge in [-0.3, -0.25) is 0 Å². The average molecular weight is 225 g/mol. The molecule has 0 radical (unpaired) electrons. The minimum Gasteiger partial charge on any atom is -0.494 e. The Bertz CT molecular complexity index is 389. The zero-order valence-electron chi connectivity index (χ0n) is 9.53. The van der Waals surface area contributed by atoms with E-state index >= 15 is 0 Å². The Labute approximate surface area is 94.4 Å². The lowest BCUT2D eigenvalue weighted by Gasteiger charge is -2.44. The number of benzene rings is 1. The topological polar surface area (TPSA) is 32.7 Å². The molecule has 1 heterocycles. The average Bonchev–Trinajstić information content (AvgIpc) is 2.15. The van der Waals surface area contributed by atoms with Crippen molar-refractivity contribution in [3.63, 3.8) is 0 Å². The largest absolute Gasteiger partial charge is 0.494 e. The summed E-state index contributed by atoms with van der Waals surface area (Å²) in [4.78, 5) is 2.03. The van der Waals surface area contributed by atoms with Crippen LogP contribution in [0, 0.1) is 5.82 Å². The van der Waals surface area contributed by atoms with Crippen molar-refractivity contribution in [1.82, 2.24) is 4.90 Å². The molecule has 0 atom stereocenters. The Morgan fingerprint density at radius 1 is 1.50 bits per heavy atom. The lowest BCUT2D eigenvalue weighted by molar-refractivity contribution is -0.0848. The van der Waals surface area contributed by atoms with Gasteiger partial charge in [0, 0.05) is 19.5 Å². The summed E-state index contributed by atoms with van der Waals surface area (Å²) in [6.07, 6.45) is 0.484. The second-order valence-corrected chi connectivity index (χ2v) is 4.54. The molecule has 0 aromatic heterocycles. The number of halogens is 1. The Hall–Kier alpha value is -1.13. The van der Waals surface area contributed by atoms with Crippen molar-refractivity contribution in [1.29, 1.82) is 0 Å². The van der Waals surface area contributed by atoms with Gasteiger partial charge in [0.1, 0.15) is 0 Å². The molecule has 1 N–H and O–H groups in total. The second kappa shape index (κ2) is 4.03. The van der Waals surface area contributed by atoms with Crippen LogP contribution in [-0.4, -0.2) is 42.9 Å². The standard InChI is InChI=1S/C12H16FNO2/c1-14-7-12(15,8-14)6-9-3-4-11(16-2)10(13)5-9/h3-5,15H,6-8H2,1-2H3. The number of aliphatic hydroxyl groups is 1. The summed E-state index contributed by atoms with van der Waals surface area (Å²) in [5.74, 6) is -0.141. The summed E-state index contributed by atoms with van der Waals surface area (Å²) in [5, 5.41) is 10.1. The molecule has 16 heavy (non-hydrogen) atoms. The van der Waals surface area contributed by atoms with E-state index in [4.69, 9.17) is 4.74 Å². The highest BCUT2D eigenvalue weighted by molar-refractivity contribution is 5.30. The molecule has 1 aliphatic heterocycles. The highest BCUT2D eigenvalue weighted by Gasteiger charge is 2.38. The molecule has 88 valence electrons. The van der Waals surface area contributed by atoms with E-state index < -0.39 is 5.60 Å². The zero-order chi connectivity index (χ0) is 11.8. The van der Waals surface area contributed by atoms with E-state index in [1.54, 1.807) is 12.1 Å². The van der Waals surface area contributed by atoms with Gasteiger partial charge in [0.15, 0.2) is 11.6 Å². The first-order chi connectivity index (χ1) is 7.52. The van der Waals surface area contributed by atoms with E-state index in [0.717, 1.165) is 5.56 Å². The van der Waals surface area contributed by atoms with Crippen molar-refractivity contribution in [3.8, 4) is 5.75 Å². The Morgan fingerprint density at radius 2 is 2.19 bits per heavy atom. The number of rotatable bonds is 3. The van der Waals surface area contributed by atoms with Crippen LogP contribution >= 0.6 is 0 Å². The molecule has 1 fully saturated rings. The molecular weight excluding hydrogens is 209 g/mol. The molecule has 3 nitrogen and oxygen atoms in total. The molecule has 4 heteroatoms. The van der Waals surface area contributed by atoms with Crippen LogP contribution in [0.4, 0.5) is 4.39 Å². The molecule has 1 aromatic carbocycles. The van der Waals surface area contributed by atoms with E-state index in [-0.39, 0.29) is 11.6 Å². The number of likely N-dealkylation sites (N-methyl/N-ethyl adjacent to an activating group) is 1. The van der Waals surface area contributed by atoms with E-state index in [1.165, 1.54) is 13.2 Å². The molecule has 0 saturated carbocycles. The van der Waals surface area contributed by atoms with Gasteiger partial charge in [-0.05, 0) is 24.7 Å². The molecule has 1 saturated heterocycles. The van der Waals surface area contributed by atoms with E-state index in [1.807, 2.05) is 11.9 Å². The van der Waals surface area contributed by atoms with Crippen molar-refractivity contribution in [3.05, 3.63) is 29.6 Å². The predicted octanol–water partition coefficient (Wildman–Crippen LogP) is 1.05. The fraction of sp³-hybridized carbons (Fsp3) is 0.500. The zero-order valence-corrected chi connectivity index (χ0v) is 9.53. The molecule has 0 spiro atoms. The van der Waals surface area contributed by atoms with Gasteiger partial charge < -0.3 is 14.7 Å². The fourth-order valence-corrected chi connectivity index (χ4v) is 2.27. The molecular formula is C12H16FNO2. The Balaban J connectivity index is 2.08. The Morgan fingerprint density at radius 3 is 2.69 bits per heavy atom. The molecule has 1 aromatic rings. The number of methoxy groups -OCH3 is 1. The highest BCUT2D eigenvalue weighted by Crippen LogP contribution is 2.26. The summed E-state index contributed by atoms with van der Waals surface area (Å²) in [6, 6.07) is 4.81. The maximum atomic E-state index is 13.4. The Kier molecular flexibility index (Phi) is 2.86. The number of β-amino-alcohol motifs (C(OH)–C–C–N with tert-alkyl or cyclic N) is 1. The van der Waals surface area contributed by atoms with Crippen LogP contribution in [0.1, 0.15) is 5.56 Å². The predicted molar refractivity (Wildman–Crippen MR) is 59.1 cm³/mol. The quantitative estimate of drug-likeness (QED) is 0.834. The third-order valence-electron chi connectivity index (χ3n) is 2.88. The number of ether oxygens (including phenoxy) is 1. The van der Waals surface area contributed by atoms with Crippen molar-refractivity contribution < 1.29 is 14.2 Å². The number of hydrogen-bond acceptors (Lipinski definition) is 3. The number of nitrogens with zero attached hydrogens (tertiary/aromatic N) is 1. The van der Waals surface area contributed by atoms with Crippen LogP contribution in [0.2, 0.25) is 0 Å². The SMILES string of the molecule is COc1ccc(CC2(O)CN(C)C2)cc1F. The second-order valence-electron chi connectivity index (χ2n) is 4.54. The summed E-state index contributed by atoms with van der Waals surface area (Å²) in [6.45, 7) is 1.28. The van der Waals surface area contributed by atoms with Crippen molar-refractivity contribution >= 4 is 0 Å². The fourth-order valence-electron chi connectivity index (χ4n) is 2.27. The summed E-state index contributed by atoms with van der Waals surface area (Å²) in [5.41, 5.74) is 0.101. The maximum Gasteiger partial charge on any atom is 0.165 e. The maximum absolute atomic E-state index is 13.4. The molecule has 0 bridgehead atoms. The van der Waals surface area contributed by atoms with Crippen molar-refractivity contribution in [2.75, 3.05) is 27.2 Å². The van der Waals surface area contributed by atoms with E-state index in [0.29, 0.717) is 19.5 Å². The van der Waals surface area contributed by atoms with E-state index in [9.17, 15) is 9.50 Å². The normalized spacial score (nSPS) is 19.2. The molecule has 0 aliphatic carbocycles. The minimum absolute atomic E-state index is 0.237. The third-order valence-corrected chi connectivity index (χ3v) is 2.88. The van der Waals surface area contributed by atoms with Gasteiger partial charge in [-0.2, -0.15) is 0 Å². The lowest BCUT2D eigenvalue weighted by atomic mass is 9.87. The molecule has 2 rings (SSSR count). The monoisotopic (exact) mass is 225 g/mol. The van der Waals surface area contributed by atoms with Crippen LogP contribution < -0.4 is 4.74 Å². The first-order valence-electron chi connectivity index (χ1n) is 5.26. The number of hydrogen-bond donors (Lipinski definition) is 1. The van der Waals surface area contributed by atoms with Crippen LogP contribution in [0.15, 0.2) is 18.2 Å². The van der Waals surface area contributed by atoms with Gasteiger partial charge in [0.05, 0.1) is 12.7 Å². The van der Waals surface area contributed by atoms with Crippen LogP contribution in [-0.2, 0) is 6.42 Å². The van der Waals surface area contributed by atoms with Gasteiger partial charge in [0.25, 0.3) is 0 Å². The first-order valence-corrected chi connectivity index (χ1v) is 5.26.